The van der Waals surface area contributed by atoms with Crippen molar-refractivity contribution in [2.24, 2.45) is 5.73 Å². The Balaban J connectivity index is 3.76. The Bertz CT molecular complexity index is 243. The summed E-state index contributed by atoms with van der Waals surface area (Å²) in [7, 11) is 2.01. The van der Waals surface area contributed by atoms with Crippen LogP contribution in [0.5, 0.6) is 0 Å². The smallest absolute Gasteiger partial charge is 0.318 e. The van der Waals surface area contributed by atoms with Crippen LogP contribution in [0.4, 0.5) is 4.79 Å². The van der Waals surface area contributed by atoms with E-state index < -0.39 is 18.0 Å². The highest BCUT2D eigenvalue weighted by molar-refractivity contribution is 5.96. The van der Waals surface area contributed by atoms with Crippen LogP contribution >= 0.6 is 0 Å². The Kier molecular flexibility index (Phi) is 6.67. The Morgan fingerprint density at radius 2 is 1.88 bits per heavy atom. The number of hydrogen-bond donors (Lipinski definition) is 3. The maximum absolute atomic E-state index is 11.3. The number of imide groups is 1. The number of amides is 3. The largest absolute Gasteiger partial charge is 0.351 e. The van der Waals surface area contributed by atoms with Crippen LogP contribution in [0.1, 0.15) is 20.8 Å². The first-order chi connectivity index (χ1) is 7.34. The van der Waals surface area contributed by atoms with Gasteiger partial charge in [0.05, 0.1) is 6.04 Å². The van der Waals surface area contributed by atoms with E-state index in [-0.39, 0.29) is 0 Å². The van der Waals surface area contributed by atoms with Crippen LogP contribution in [0.15, 0.2) is 0 Å². The minimum Gasteiger partial charge on any atom is -0.351 e. The fraction of sp³-hybridized carbons (Fsp3) is 0.800. The third kappa shape index (κ3) is 6.36. The molecule has 0 fully saturated rings. The number of nitrogens with zero attached hydrogens (tertiary/aromatic N) is 1. The molecule has 94 valence electrons. The van der Waals surface area contributed by atoms with E-state index in [9.17, 15) is 9.59 Å². The standard InChI is InChI=1S/C10H22N4O2/c1-7(2)14(4)6-5-12-8(3)9(15)13-10(11)16/h7-8,12H,5-6H2,1-4H3,(H3,11,13,15,16). The molecule has 0 aliphatic heterocycles. The lowest BCUT2D eigenvalue weighted by Crippen LogP contribution is -2.48. The van der Waals surface area contributed by atoms with Crippen LogP contribution in [-0.2, 0) is 4.79 Å². The van der Waals surface area contributed by atoms with Crippen molar-refractivity contribution in [2.75, 3.05) is 20.1 Å². The summed E-state index contributed by atoms with van der Waals surface area (Å²) in [6.07, 6.45) is 0. The number of likely N-dealkylation sites (N-methyl/N-ethyl adjacent to an activating group) is 1. The van der Waals surface area contributed by atoms with Gasteiger partial charge in [-0.2, -0.15) is 0 Å². The Morgan fingerprint density at radius 3 is 2.31 bits per heavy atom. The molecule has 0 heterocycles. The van der Waals surface area contributed by atoms with Crippen molar-refractivity contribution in [2.45, 2.75) is 32.9 Å². The van der Waals surface area contributed by atoms with Gasteiger partial charge in [-0.05, 0) is 27.8 Å². The summed E-state index contributed by atoms with van der Waals surface area (Å²) in [6, 6.07) is -0.775. The lowest BCUT2D eigenvalue weighted by Gasteiger charge is -2.22. The summed E-state index contributed by atoms with van der Waals surface area (Å²) >= 11 is 0. The predicted molar refractivity (Wildman–Crippen MR) is 63.0 cm³/mol. The fourth-order valence-electron chi connectivity index (χ4n) is 1.04. The Morgan fingerprint density at radius 1 is 1.31 bits per heavy atom. The molecule has 3 amide bonds. The van der Waals surface area contributed by atoms with E-state index in [1.54, 1.807) is 6.92 Å². The van der Waals surface area contributed by atoms with Crippen molar-refractivity contribution in [1.29, 1.82) is 0 Å². The van der Waals surface area contributed by atoms with Gasteiger partial charge in [-0.15, -0.1) is 0 Å². The number of urea groups is 1. The number of carbonyl (C=O) groups is 2. The van der Waals surface area contributed by atoms with E-state index in [2.05, 4.69) is 24.1 Å². The van der Waals surface area contributed by atoms with E-state index in [1.807, 2.05) is 12.4 Å². The lowest BCUT2D eigenvalue weighted by molar-refractivity contribution is -0.121. The molecule has 0 spiro atoms. The Labute approximate surface area is 96.5 Å². The van der Waals surface area contributed by atoms with Crippen LogP contribution in [-0.4, -0.2) is 49.1 Å². The molecule has 0 saturated carbocycles. The average Bonchev–Trinajstić information content (AvgIpc) is 2.15. The zero-order chi connectivity index (χ0) is 12.7. The number of primary amides is 1. The van der Waals surface area contributed by atoms with Gasteiger partial charge in [0.25, 0.3) is 0 Å². The van der Waals surface area contributed by atoms with Crippen molar-refractivity contribution in [1.82, 2.24) is 15.5 Å². The number of rotatable bonds is 6. The molecule has 0 aromatic rings. The van der Waals surface area contributed by atoms with Gasteiger partial charge in [0.1, 0.15) is 0 Å². The fourth-order valence-corrected chi connectivity index (χ4v) is 1.04. The zero-order valence-corrected chi connectivity index (χ0v) is 10.4. The molecule has 0 saturated heterocycles. The van der Waals surface area contributed by atoms with Crippen LogP contribution in [0.3, 0.4) is 0 Å². The molecule has 4 N–H and O–H groups in total. The predicted octanol–water partition coefficient (Wildman–Crippen LogP) is -0.500. The maximum Gasteiger partial charge on any atom is 0.318 e. The van der Waals surface area contributed by atoms with E-state index in [4.69, 9.17) is 5.73 Å². The van der Waals surface area contributed by atoms with Crippen molar-refractivity contribution in [3.05, 3.63) is 0 Å². The second-order valence-corrected chi connectivity index (χ2v) is 4.10. The SMILES string of the molecule is CC(NCCN(C)C(C)C)C(=O)NC(N)=O. The first-order valence-electron chi connectivity index (χ1n) is 5.38. The summed E-state index contributed by atoms with van der Waals surface area (Å²) < 4.78 is 0. The van der Waals surface area contributed by atoms with Crippen LogP contribution in [0.2, 0.25) is 0 Å². The van der Waals surface area contributed by atoms with Gasteiger partial charge in [0, 0.05) is 19.1 Å². The van der Waals surface area contributed by atoms with Crippen molar-refractivity contribution in [3.63, 3.8) is 0 Å². The summed E-state index contributed by atoms with van der Waals surface area (Å²) in [6.45, 7) is 7.41. The second-order valence-electron chi connectivity index (χ2n) is 4.10. The van der Waals surface area contributed by atoms with Gasteiger partial charge in [-0.1, -0.05) is 0 Å². The first-order valence-corrected chi connectivity index (χ1v) is 5.38. The quantitative estimate of drug-likeness (QED) is 0.574. The second kappa shape index (κ2) is 7.19. The van der Waals surface area contributed by atoms with Gasteiger partial charge < -0.3 is 16.0 Å². The zero-order valence-electron chi connectivity index (χ0n) is 10.4. The van der Waals surface area contributed by atoms with E-state index in [1.165, 1.54) is 0 Å². The van der Waals surface area contributed by atoms with E-state index in [0.717, 1.165) is 6.54 Å². The van der Waals surface area contributed by atoms with E-state index >= 15 is 0 Å². The minimum atomic E-state index is -0.821. The van der Waals surface area contributed by atoms with Crippen molar-refractivity contribution >= 4 is 11.9 Å². The molecule has 0 rings (SSSR count). The molecule has 0 aromatic carbocycles. The topological polar surface area (TPSA) is 87.5 Å². The average molecular weight is 230 g/mol. The van der Waals surface area contributed by atoms with Gasteiger partial charge in [-0.25, -0.2) is 4.79 Å². The molecule has 0 aromatic heterocycles. The normalized spacial score (nSPS) is 12.9. The molecular formula is C10H22N4O2. The van der Waals surface area contributed by atoms with Gasteiger partial charge in [0.2, 0.25) is 5.91 Å². The highest BCUT2D eigenvalue weighted by Crippen LogP contribution is 1.91. The highest BCUT2D eigenvalue weighted by atomic mass is 16.2. The third-order valence-corrected chi connectivity index (χ3v) is 2.44. The molecule has 0 aliphatic carbocycles. The highest BCUT2D eigenvalue weighted by Gasteiger charge is 2.13. The minimum absolute atomic E-state index is 0.403. The third-order valence-electron chi connectivity index (χ3n) is 2.44. The maximum atomic E-state index is 11.3. The van der Waals surface area contributed by atoms with E-state index in [0.29, 0.717) is 12.6 Å². The molecule has 1 unspecified atom stereocenters. The summed E-state index contributed by atoms with van der Waals surface area (Å²) in [5.41, 5.74) is 4.84. The molecule has 0 radical (unpaired) electrons. The molecule has 16 heavy (non-hydrogen) atoms. The summed E-state index contributed by atoms with van der Waals surface area (Å²) in [5, 5.41) is 5.04. The van der Waals surface area contributed by atoms with Crippen LogP contribution in [0, 0.1) is 0 Å². The molecule has 6 nitrogen and oxygen atoms in total. The van der Waals surface area contributed by atoms with Gasteiger partial charge in [0.15, 0.2) is 0 Å². The van der Waals surface area contributed by atoms with Crippen LogP contribution in [0.25, 0.3) is 0 Å². The first kappa shape index (κ1) is 14.9. The molecule has 0 bridgehead atoms. The van der Waals surface area contributed by atoms with Crippen LogP contribution < -0.4 is 16.4 Å². The molecule has 6 heteroatoms. The number of hydrogen-bond acceptors (Lipinski definition) is 4. The molecule has 0 aliphatic rings. The molecular weight excluding hydrogens is 208 g/mol. The number of carbonyl (C=O) groups excluding carboxylic acids is 2. The summed E-state index contributed by atoms with van der Waals surface area (Å²) in [5.74, 6) is -0.403. The monoisotopic (exact) mass is 230 g/mol. The lowest BCUT2D eigenvalue weighted by atomic mass is 10.3. The van der Waals surface area contributed by atoms with Crippen molar-refractivity contribution in [3.8, 4) is 0 Å². The summed E-state index contributed by atoms with van der Waals surface area (Å²) in [4.78, 5) is 23.9. The Hall–Kier alpha value is -1.14. The number of nitrogens with one attached hydrogen (secondary N) is 2. The van der Waals surface area contributed by atoms with Gasteiger partial charge >= 0.3 is 6.03 Å². The number of nitrogens with two attached hydrogens (primary N) is 1. The van der Waals surface area contributed by atoms with Gasteiger partial charge in [-0.3, -0.25) is 10.1 Å². The van der Waals surface area contributed by atoms with Crippen molar-refractivity contribution < 1.29 is 9.59 Å². The molecule has 1 atom stereocenters.